The molecule has 4 bridgehead atoms. The second kappa shape index (κ2) is 19.7. The molecule has 0 atom stereocenters. The van der Waals surface area contributed by atoms with Gasteiger partial charge in [0.25, 0.3) is 11.8 Å². The number of benzene rings is 7. The maximum Gasteiger partial charge on any atom is 0.253 e. The predicted molar refractivity (Wildman–Crippen MR) is 332 cm³/mol. The highest BCUT2D eigenvalue weighted by Gasteiger charge is 2.74. The van der Waals surface area contributed by atoms with E-state index in [0.717, 1.165) is 44.5 Å². The third kappa shape index (κ3) is 7.66. The first-order chi connectivity index (χ1) is 39.4. The van der Waals surface area contributed by atoms with Gasteiger partial charge in [0, 0.05) is 29.5 Å². The van der Waals surface area contributed by atoms with E-state index in [1.54, 1.807) is 22.3 Å². The van der Waals surface area contributed by atoms with Crippen LogP contribution in [0.1, 0.15) is 171 Å². The molecule has 7 aromatic carbocycles. The second-order valence-electron chi connectivity index (χ2n) is 26.7. The predicted octanol–water partition coefficient (Wildman–Crippen LogP) is 19.6. The molecular formula is C77H81NO3. The molecule has 7 aromatic rings. The smallest absolute Gasteiger partial charge is 0.253 e. The number of aryl methyl sites for hydroxylation is 1. The summed E-state index contributed by atoms with van der Waals surface area (Å²) >= 11 is 0. The number of nitrogens with zero attached hydrogens (tertiary/aromatic N) is 1. The number of rotatable bonds is 18. The van der Waals surface area contributed by atoms with Crippen LogP contribution in [-0.4, -0.2) is 29.9 Å². The topological polar surface area (TPSA) is 46.6 Å². The third-order valence-corrected chi connectivity index (χ3v) is 23.2. The number of hydrogen-bond acceptors (Lipinski definition) is 3. The van der Waals surface area contributed by atoms with Gasteiger partial charge in [0.15, 0.2) is 0 Å². The molecule has 0 aromatic heterocycles. The van der Waals surface area contributed by atoms with Crippen molar-refractivity contribution in [3.05, 3.63) is 186 Å². The van der Waals surface area contributed by atoms with Crippen molar-refractivity contribution in [2.75, 3.05) is 13.2 Å². The van der Waals surface area contributed by atoms with Crippen molar-refractivity contribution in [3.63, 3.8) is 0 Å². The quantitative estimate of drug-likeness (QED) is 0.0635. The summed E-state index contributed by atoms with van der Waals surface area (Å²) in [6, 6.07) is 57.6. The van der Waals surface area contributed by atoms with Gasteiger partial charge in [0.1, 0.15) is 5.75 Å². The van der Waals surface area contributed by atoms with Crippen LogP contribution in [0.25, 0.3) is 66.8 Å². The lowest BCUT2D eigenvalue weighted by Gasteiger charge is -2.47. The Morgan fingerprint density at radius 1 is 0.395 bits per heavy atom. The molecule has 4 fully saturated rings. The van der Waals surface area contributed by atoms with Crippen molar-refractivity contribution in [2.24, 2.45) is 21.7 Å². The van der Waals surface area contributed by atoms with Crippen molar-refractivity contribution in [1.29, 1.82) is 0 Å². The van der Waals surface area contributed by atoms with E-state index < -0.39 is 0 Å². The van der Waals surface area contributed by atoms with Gasteiger partial charge < -0.3 is 4.74 Å². The van der Waals surface area contributed by atoms with E-state index >= 15 is 0 Å². The summed E-state index contributed by atoms with van der Waals surface area (Å²) in [6.45, 7) is 13.8. The molecule has 6 aliphatic carbocycles. The average molecular weight is 1070 g/mol. The Hall–Kier alpha value is -6.78. The van der Waals surface area contributed by atoms with Crippen molar-refractivity contribution >= 4 is 11.8 Å². The summed E-state index contributed by atoms with van der Waals surface area (Å²) < 4.78 is 6.18. The summed E-state index contributed by atoms with van der Waals surface area (Å²) in [5, 5.41) is 0. The molecule has 2 spiro atoms. The first-order valence-corrected chi connectivity index (χ1v) is 31.4. The Balaban J connectivity index is 0.703. The standard InChI is InChI=1S/C77H81NO3/c1-6-74-42-44-75(7-2,45-43-74)77(74)68-49-58(55-18-16-52(3)17-19-55)27-33-64(68)65-35-29-60(51-69(65)77)59-28-34-63-62-32-26-57(48-66(62)76(67(63)50-59)72(4)38-40-73(76,5)41-39-72)56-22-20-53(21-23-56)54-24-30-61(31-25-54)81-47-15-13-11-9-8-10-12-14-46-78-70(79)36-37-71(78)80/h16-37,48-51H,6-15,38-47H2,1-5H3. The van der Waals surface area contributed by atoms with Crippen LogP contribution in [0.3, 0.4) is 0 Å². The van der Waals surface area contributed by atoms with Gasteiger partial charge in [-0.1, -0.05) is 181 Å². The summed E-state index contributed by atoms with van der Waals surface area (Å²) in [5.41, 5.74) is 24.9. The number of hydrogen-bond donors (Lipinski definition) is 0. The lowest BCUT2D eigenvalue weighted by molar-refractivity contribution is -0.136. The maximum atomic E-state index is 11.7. The molecule has 2 amide bonds. The average Bonchev–Trinajstić information content (AvgIpc) is 1.71. The van der Waals surface area contributed by atoms with Gasteiger partial charge in [-0.25, -0.2) is 0 Å². The van der Waals surface area contributed by atoms with Crippen LogP contribution in [-0.2, 0) is 20.4 Å². The zero-order valence-corrected chi connectivity index (χ0v) is 48.8. The molecular weight excluding hydrogens is 987 g/mol. The van der Waals surface area contributed by atoms with Crippen molar-refractivity contribution in [3.8, 4) is 72.5 Å². The Bertz CT molecular complexity index is 3580. The van der Waals surface area contributed by atoms with Crippen LogP contribution < -0.4 is 4.74 Å². The van der Waals surface area contributed by atoms with Gasteiger partial charge in [-0.15, -0.1) is 0 Å². The van der Waals surface area contributed by atoms with E-state index in [9.17, 15) is 9.59 Å². The highest BCUT2D eigenvalue weighted by atomic mass is 16.5. The van der Waals surface area contributed by atoms with E-state index in [0.29, 0.717) is 6.54 Å². The number of amides is 2. The van der Waals surface area contributed by atoms with Crippen LogP contribution in [0.5, 0.6) is 5.75 Å². The molecule has 0 saturated heterocycles. The van der Waals surface area contributed by atoms with Gasteiger partial charge in [-0.3, -0.25) is 14.5 Å². The highest BCUT2D eigenvalue weighted by Crippen LogP contribution is 2.81. The Kier molecular flexibility index (Phi) is 12.7. The monoisotopic (exact) mass is 1070 g/mol. The zero-order chi connectivity index (χ0) is 55.4. The number of carbonyl (C=O) groups excluding carboxylic acids is 2. The van der Waals surface area contributed by atoms with Gasteiger partial charge in [0.05, 0.1) is 6.61 Å². The molecule has 4 saturated carbocycles. The van der Waals surface area contributed by atoms with Crippen LogP contribution >= 0.6 is 0 Å². The number of imide groups is 1. The van der Waals surface area contributed by atoms with Gasteiger partial charge >= 0.3 is 0 Å². The number of ether oxygens (including phenoxy) is 1. The fourth-order valence-electron chi connectivity index (χ4n) is 19.0. The second-order valence-corrected chi connectivity index (χ2v) is 26.7. The van der Waals surface area contributed by atoms with Crippen LogP contribution in [0.4, 0.5) is 0 Å². The SMILES string of the molecule is CCC12CCC(CC)(CC1)C21c2cc(-c3ccc(C)cc3)ccc2-c2ccc(-c3ccc4c(c3)C3(c5cc(-c6ccc(-c7ccc(OCCCCCCCCCCN8C(=O)C=CC8=O)cc7)cc6)ccc5-4)C4(C)CCC3(C)CC4)cc21. The maximum absolute atomic E-state index is 11.7. The summed E-state index contributed by atoms with van der Waals surface area (Å²) in [6.07, 6.45) is 24.5. The van der Waals surface area contributed by atoms with Crippen LogP contribution in [0, 0.1) is 28.6 Å². The molecule has 0 unspecified atom stereocenters. The molecule has 1 heterocycles. The Labute approximate surface area is 482 Å². The largest absolute Gasteiger partial charge is 0.494 e. The normalized spacial score (nSPS) is 26.8. The molecule has 1 aliphatic heterocycles. The molecule has 0 radical (unpaired) electrons. The molecule has 14 rings (SSSR count). The van der Waals surface area contributed by atoms with Crippen LogP contribution in [0.15, 0.2) is 158 Å². The molecule has 0 N–H and O–H groups in total. The Morgan fingerprint density at radius 3 is 1.15 bits per heavy atom. The first kappa shape index (κ1) is 52.3. The molecule has 4 heteroatoms. The summed E-state index contributed by atoms with van der Waals surface area (Å²) in [4.78, 5) is 24.8. The molecule has 81 heavy (non-hydrogen) atoms. The lowest BCUT2D eigenvalue weighted by atomic mass is 9.55. The highest BCUT2D eigenvalue weighted by molar-refractivity contribution is 6.12. The van der Waals surface area contributed by atoms with Gasteiger partial charge in [-0.2, -0.15) is 0 Å². The number of unbranched alkanes of at least 4 members (excludes halogenated alkanes) is 7. The van der Waals surface area contributed by atoms with Crippen molar-refractivity contribution < 1.29 is 14.3 Å². The molecule has 4 nitrogen and oxygen atoms in total. The van der Waals surface area contributed by atoms with Crippen molar-refractivity contribution in [2.45, 2.75) is 161 Å². The minimum Gasteiger partial charge on any atom is -0.494 e. The summed E-state index contributed by atoms with van der Waals surface area (Å²) in [5.74, 6) is 0.577. The fourth-order valence-corrected chi connectivity index (χ4v) is 19.0. The van der Waals surface area contributed by atoms with Crippen molar-refractivity contribution in [1.82, 2.24) is 4.90 Å². The van der Waals surface area contributed by atoms with Crippen LogP contribution in [0.2, 0.25) is 0 Å². The first-order valence-electron chi connectivity index (χ1n) is 31.4. The van der Waals surface area contributed by atoms with E-state index in [2.05, 4.69) is 180 Å². The number of fused-ring (bicyclic) bond motifs is 6. The van der Waals surface area contributed by atoms with Gasteiger partial charge in [0.2, 0.25) is 0 Å². The minimum absolute atomic E-state index is 0.00583. The van der Waals surface area contributed by atoms with E-state index in [4.69, 9.17) is 4.74 Å². The minimum atomic E-state index is -0.174. The van der Waals surface area contributed by atoms with E-state index in [1.165, 1.54) is 173 Å². The molecule has 7 aliphatic rings. The lowest BCUT2D eigenvalue weighted by Crippen LogP contribution is -2.45. The summed E-state index contributed by atoms with van der Waals surface area (Å²) in [7, 11) is 0. The fraction of sp³-hybridized carbons (Fsp3) is 0.403. The number of carbonyl (C=O) groups is 2. The third-order valence-electron chi connectivity index (χ3n) is 23.2. The van der Waals surface area contributed by atoms with E-state index in [1.807, 2.05) is 0 Å². The zero-order valence-electron chi connectivity index (χ0n) is 48.8. The van der Waals surface area contributed by atoms with E-state index in [-0.39, 0.29) is 44.3 Å². The Morgan fingerprint density at radius 2 is 0.728 bits per heavy atom. The molecule has 412 valence electrons. The van der Waals surface area contributed by atoms with Gasteiger partial charge in [-0.05, 0) is 231 Å².